The highest BCUT2D eigenvalue weighted by Gasteiger charge is 2.33. The van der Waals surface area contributed by atoms with E-state index in [4.69, 9.17) is 4.74 Å². The Bertz CT molecular complexity index is 929. The number of carbonyl (C=O) groups excluding carboxylic acids is 4. The minimum absolute atomic E-state index is 0.0438. The van der Waals surface area contributed by atoms with Gasteiger partial charge in [-0.2, -0.15) is 25.3 Å². The summed E-state index contributed by atoms with van der Waals surface area (Å²) in [7, 11) is 0. The molecule has 4 atom stereocenters. The maximum atomic E-state index is 13.2. The summed E-state index contributed by atoms with van der Waals surface area (Å²) in [5, 5.41) is 11.5. The summed E-state index contributed by atoms with van der Waals surface area (Å²) in [6.45, 7) is 9.07. The first-order chi connectivity index (χ1) is 16.5. The molecule has 35 heavy (non-hydrogen) atoms. The van der Waals surface area contributed by atoms with E-state index >= 15 is 0 Å². The second-order valence-electron chi connectivity index (χ2n) is 9.19. The molecule has 3 amide bonds. The lowest BCUT2D eigenvalue weighted by Crippen LogP contribution is -2.56. The monoisotopic (exact) mass is 524 g/mol. The molecule has 2 aliphatic heterocycles. The van der Waals surface area contributed by atoms with Crippen LogP contribution in [0, 0.1) is 11.8 Å². The average Bonchev–Trinajstić information content (AvgIpc) is 2.85. The van der Waals surface area contributed by atoms with Crippen molar-refractivity contribution in [3.63, 3.8) is 0 Å². The Morgan fingerprint density at radius 1 is 1.00 bits per heavy atom. The van der Waals surface area contributed by atoms with E-state index < -0.39 is 47.9 Å². The van der Waals surface area contributed by atoms with Crippen LogP contribution in [0.1, 0.15) is 41.0 Å². The van der Waals surface area contributed by atoms with E-state index in [0.717, 1.165) is 0 Å². The Hall–Kier alpha value is -2.40. The third-order valence-corrected chi connectivity index (χ3v) is 6.48. The highest BCUT2D eigenvalue weighted by atomic mass is 32.1. The highest BCUT2D eigenvalue weighted by molar-refractivity contribution is 7.80. The summed E-state index contributed by atoms with van der Waals surface area (Å²) in [6.07, 6.45) is 4.05. The van der Waals surface area contributed by atoms with Gasteiger partial charge in [-0.25, -0.2) is 4.79 Å². The molecule has 0 aromatic carbocycles. The highest BCUT2D eigenvalue weighted by Crippen LogP contribution is 2.21. The number of esters is 1. The van der Waals surface area contributed by atoms with Gasteiger partial charge >= 0.3 is 5.97 Å². The van der Waals surface area contributed by atoms with Crippen LogP contribution in [-0.2, 0) is 23.9 Å². The minimum Gasteiger partial charge on any atom is -0.456 e. The quantitative estimate of drug-likeness (QED) is 0.243. The first-order valence-electron chi connectivity index (χ1n) is 11.7. The Balaban J connectivity index is 2.67. The van der Waals surface area contributed by atoms with E-state index in [-0.39, 0.29) is 29.8 Å². The molecule has 0 unspecified atom stereocenters. The first-order valence-corrected chi connectivity index (χ1v) is 13.0. The molecule has 11 heteroatoms. The lowest BCUT2D eigenvalue weighted by molar-refractivity contribution is -0.151. The van der Waals surface area contributed by atoms with Crippen LogP contribution in [-0.4, -0.2) is 59.4 Å². The summed E-state index contributed by atoms with van der Waals surface area (Å²) in [5.74, 6) is -2.05. The molecule has 2 heterocycles. The number of fused-ring (bicyclic) bond motifs is 2. The van der Waals surface area contributed by atoms with Crippen molar-refractivity contribution in [1.82, 2.24) is 21.3 Å². The fraction of sp³-hybridized carbons (Fsp3) is 0.583. The summed E-state index contributed by atoms with van der Waals surface area (Å²) >= 11 is 8.71. The number of hydrogen-bond donors (Lipinski definition) is 6. The van der Waals surface area contributed by atoms with Crippen LogP contribution in [0.2, 0.25) is 0 Å². The van der Waals surface area contributed by atoms with Crippen molar-refractivity contribution in [2.24, 2.45) is 11.8 Å². The lowest BCUT2D eigenvalue weighted by atomic mass is 10.0. The van der Waals surface area contributed by atoms with Crippen LogP contribution in [0.5, 0.6) is 0 Å². The van der Waals surface area contributed by atoms with Crippen molar-refractivity contribution in [3.8, 4) is 0 Å². The topological polar surface area (TPSA) is 126 Å². The first kappa shape index (κ1) is 28.8. The van der Waals surface area contributed by atoms with Gasteiger partial charge in [-0.15, -0.1) is 0 Å². The van der Waals surface area contributed by atoms with Crippen LogP contribution >= 0.6 is 25.3 Å². The van der Waals surface area contributed by atoms with E-state index in [1.165, 1.54) is 0 Å². The molecule has 9 nitrogen and oxygen atoms in total. The Morgan fingerprint density at radius 3 is 2.20 bits per heavy atom. The lowest BCUT2D eigenvalue weighted by Gasteiger charge is -2.29. The zero-order valence-electron chi connectivity index (χ0n) is 20.8. The fourth-order valence-electron chi connectivity index (χ4n) is 3.71. The maximum absolute atomic E-state index is 13.2. The standard InChI is InChI=1S/C24H36N4O5S2/c1-6-16-21-14(10-34)7-8-15(33-24(32)20(28-21)13(4)5)9-18(29)27-19(12(2)3)23(31)26-17(11-35)22(30)25-16/h6-8,12-13,15,17,19-20,28,34-35H,9-11H2,1-5H3,(H,25,30)(H,26,31)(H,27,29)/b8-7-,16-6?,21-14?/t15-,17-,19-,20+/m1/s1. The van der Waals surface area contributed by atoms with Gasteiger partial charge in [0.15, 0.2) is 0 Å². The molecule has 0 radical (unpaired) electrons. The van der Waals surface area contributed by atoms with Crippen molar-refractivity contribution in [3.05, 3.63) is 35.2 Å². The van der Waals surface area contributed by atoms with Crippen molar-refractivity contribution in [1.29, 1.82) is 0 Å². The minimum atomic E-state index is -0.952. The van der Waals surface area contributed by atoms with E-state index in [2.05, 4.69) is 46.5 Å². The third-order valence-electron chi connectivity index (χ3n) is 5.78. The Labute approximate surface area is 217 Å². The second-order valence-corrected chi connectivity index (χ2v) is 9.87. The third kappa shape index (κ3) is 7.54. The second kappa shape index (κ2) is 13.1. The molecule has 0 aliphatic carbocycles. The van der Waals surface area contributed by atoms with E-state index in [0.29, 0.717) is 17.0 Å². The molecule has 0 aromatic rings. The number of hydrogen-bond acceptors (Lipinski definition) is 8. The van der Waals surface area contributed by atoms with Gasteiger partial charge in [-0.3, -0.25) is 14.4 Å². The van der Waals surface area contributed by atoms with E-state index in [1.807, 2.05) is 13.8 Å². The Morgan fingerprint density at radius 2 is 1.66 bits per heavy atom. The SMILES string of the molecule is CC=C1NC(=O)[C@@H](CS)NC(=O)[C@@H](C(C)C)NC(=O)C[C@H]2/C=C\C(CS)=C1N[C@@H](C(C)C)C(=O)O2. The largest absolute Gasteiger partial charge is 0.456 e. The molecule has 0 aromatic heterocycles. The predicted molar refractivity (Wildman–Crippen MR) is 141 cm³/mol. The van der Waals surface area contributed by atoms with Gasteiger partial charge in [-0.1, -0.05) is 39.8 Å². The van der Waals surface area contributed by atoms with E-state index in [1.54, 1.807) is 39.0 Å². The smallest absolute Gasteiger partial charge is 0.329 e. The number of nitrogens with one attached hydrogen (secondary N) is 4. The molecular formula is C24H36N4O5S2. The number of amides is 3. The summed E-state index contributed by atoms with van der Waals surface area (Å²) in [4.78, 5) is 52.1. The van der Waals surface area contributed by atoms with Gasteiger partial charge in [0.25, 0.3) is 0 Å². The molecule has 2 aliphatic rings. The van der Waals surface area contributed by atoms with Crippen molar-refractivity contribution < 1.29 is 23.9 Å². The van der Waals surface area contributed by atoms with Gasteiger partial charge in [0.1, 0.15) is 24.2 Å². The summed E-state index contributed by atoms with van der Waals surface area (Å²) < 4.78 is 5.68. The maximum Gasteiger partial charge on any atom is 0.329 e. The van der Waals surface area contributed by atoms with Gasteiger partial charge < -0.3 is 26.0 Å². The molecule has 0 spiro atoms. The molecule has 2 bridgehead atoms. The molecule has 0 saturated heterocycles. The van der Waals surface area contributed by atoms with Gasteiger partial charge in [-0.05, 0) is 30.4 Å². The molecule has 0 fully saturated rings. The van der Waals surface area contributed by atoms with Crippen molar-refractivity contribution >= 4 is 48.9 Å². The summed E-state index contributed by atoms with van der Waals surface area (Å²) in [5.41, 5.74) is 1.62. The number of carbonyl (C=O) groups is 4. The zero-order valence-corrected chi connectivity index (χ0v) is 22.5. The van der Waals surface area contributed by atoms with E-state index in [9.17, 15) is 19.2 Å². The Kier molecular flexibility index (Phi) is 10.8. The van der Waals surface area contributed by atoms with Gasteiger partial charge in [0.05, 0.1) is 17.8 Å². The van der Waals surface area contributed by atoms with Crippen LogP contribution in [0.15, 0.2) is 35.2 Å². The fourth-order valence-corrected chi connectivity index (χ4v) is 4.23. The number of rotatable bonds is 4. The van der Waals surface area contributed by atoms with Crippen LogP contribution in [0.25, 0.3) is 0 Å². The molecular weight excluding hydrogens is 488 g/mol. The molecule has 194 valence electrons. The van der Waals surface area contributed by atoms with Crippen molar-refractivity contribution in [2.75, 3.05) is 11.5 Å². The zero-order chi connectivity index (χ0) is 26.3. The van der Waals surface area contributed by atoms with Crippen LogP contribution in [0.4, 0.5) is 0 Å². The van der Waals surface area contributed by atoms with Crippen LogP contribution in [0.3, 0.4) is 0 Å². The number of thiol groups is 2. The van der Waals surface area contributed by atoms with Gasteiger partial charge in [0, 0.05) is 11.5 Å². The number of allylic oxidation sites excluding steroid dienone is 2. The van der Waals surface area contributed by atoms with Gasteiger partial charge in [0.2, 0.25) is 17.7 Å². The summed E-state index contributed by atoms with van der Waals surface area (Å²) in [6, 6.07) is -2.58. The molecule has 2 rings (SSSR count). The normalized spacial score (nSPS) is 28.9. The molecule has 0 saturated carbocycles. The predicted octanol–water partition coefficient (Wildman–Crippen LogP) is 1.25. The average molecular weight is 525 g/mol. The molecule has 4 N–H and O–H groups in total. The van der Waals surface area contributed by atoms with Crippen LogP contribution < -0.4 is 21.3 Å². The van der Waals surface area contributed by atoms with Crippen molar-refractivity contribution in [2.45, 2.75) is 65.3 Å². The number of ether oxygens (including phenoxy) is 1.